The number of nitrogens with one attached hydrogen (secondary N) is 1. The Kier molecular flexibility index (Phi) is 4.97. The van der Waals surface area contributed by atoms with Crippen LogP contribution in [0.15, 0.2) is 6.07 Å². The van der Waals surface area contributed by atoms with Gasteiger partial charge in [-0.2, -0.15) is 0 Å². The van der Waals surface area contributed by atoms with Crippen molar-refractivity contribution in [3.05, 3.63) is 28.3 Å². The smallest absolute Gasteiger partial charge is 0.122 e. The number of ether oxygens (including phenoxy) is 1. The van der Waals surface area contributed by atoms with Gasteiger partial charge >= 0.3 is 0 Å². The molecule has 96 valence electrons. The van der Waals surface area contributed by atoms with Gasteiger partial charge in [0.2, 0.25) is 0 Å². The molecule has 0 radical (unpaired) electrons. The van der Waals surface area contributed by atoms with Gasteiger partial charge in [0.1, 0.15) is 5.75 Å². The summed E-state index contributed by atoms with van der Waals surface area (Å²) in [5.41, 5.74) is 4.79. The van der Waals surface area contributed by atoms with E-state index >= 15 is 0 Å². The maximum absolute atomic E-state index is 9.51. The summed E-state index contributed by atoms with van der Waals surface area (Å²) < 4.78 is 5.36. The zero-order chi connectivity index (χ0) is 13.0. The van der Waals surface area contributed by atoms with E-state index in [9.17, 15) is 5.11 Å². The van der Waals surface area contributed by atoms with Gasteiger partial charge in [-0.15, -0.1) is 0 Å². The fraction of sp³-hybridized carbons (Fsp3) is 0.571. The first kappa shape index (κ1) is 14.0. The molecule has 0 saturated heterocycles. The average molecular weight is 237 g/mol. The van der Waals surface area contributed by atoms with Gasteiger partial charge in [0, 0.05) is 12.5 Å². The minimum Gasteiger partial charge on any atom is -0.496 e. The van der Waals surface area contributed by atoms with Gasteiger partial charge in [0.05, 0.1) is 13.7 Å². The van der Waals surface area contributed by atoms with E-state index in [1.807, 2.05) is 7.05 Å². The Hall–Kier alpha value is -1.06. The molecule has 17 heavy (non-hydrogen) atoms. The molecule has 1 aromatic rings. The molecule has 3 nitrogen and oxygen atoms in total. The number of likely N-dealkylation sites (N-methyl/N-ethyl adjacent to an activating group) is 1. The van der Waals surface area contributed by atoms with Crippen molar-refractivity contribution >= 4 is 0 Å². The molecule has 0 aliphatic rings. The molecule has 0 bridgehead atoms. The molecule has 0 aliphatic carbocycles. The molecule has 0 amide bonds. The number of rotatable bonds is 5. The zero-order valence-electron chi connectivity index (χ0n) is 11.4. The highest BCUT2D eigenvalue weighted by molar-refractivity contribution is 5.49. The van der Waals surface area contributed by atoms with Crippen molar-refractivity contribution in [3.8, 4) is 5.75 Å². The van der Waals surface area contributed by atoms with Crippen LogP contribution in [0.1, 0.15) is 28.2 Å². The summed E-state index contributed by atoms with van der Waals surface area (Å²) in [6.07, 6.45) is 0. The summed E-state index contributed by atoms with van der Waals surface area (Å²) in [5, 5.41) is 12.6. The van der Waals surface area contributed by atoms with Crippen LogP contribution in [0.5, 0.6) is 5.75 Å². The minimum absolute atomic E-state index is 0.143. The quantitative estimate of drug-likeness (QED) is 0.822. The van der Waals surface area contributed by atoms with Crippen LogP contribution in [0.2, 0.25) is 0 Å². The maximum atomic E-state index is 9.51. The summed E-state index contributed by atoms with van der Waals surface area (Å²) in [7, 11) is 3.60. The van der Waals surface area contributed by atoms with E-state index in [1.165, 1.54) is 16.7 Å². The van der Waals surface area contributed by atoms with Gasteiger partial charge in [-0.1, -0.05) is 0 Å². The van der Waals surface area contributed by atoms with Crippen LogP contribution in [0.4, 0.5) is 0 Å². The van der Waals surface area contributed by atoms with Gasteiger partial charge in [-0.3, -0.25) is 0 Å². The van der Waals surface area contributed by atoms with E-state index in [-0.39, 0.29) is 12.5 Å². The highest BCUT2D eigenvalue weighted by atomic mass is 16.5. The second-order valence-corrected chi connectivity index (χ2v) is 4.50. The summed E-state index contributed by atoms with van der Waals surface area (Å²) in [6.45, 7) is 7.17. The molecule has 0 fully saturated rings. The van der Waals surface area contributed by atoms with Crippen molar-refractivity contribution in [2.24, 2.45) is 0 Å². The molecule has 0 spiro atoms. The van der Waals surface area contributed by atoms with Crippen molar-refractivity contribution in [1.29, 1.82) is 0 Å². The molecular formula is C14H23NO2. The Labute approximate surface area is 104 Å². The van der Waals surface area contributed by atoms with Crippen molar-refractivity contribution in [3.63, 3.8) is 0 Å². The third-order valence-corrected chi connectivity index (χ3v) is 3.41. The fourth-order valence-corrected chi connectivity index (χ4v) is 2.41. The van der Waals surface area contributed by atoms with Crippen LogP contribution in [0, 0.1) is 20.8 Å². The number of benzene rings is 1. The lowest BCUT2D eigenvalue weighted by molar-refractivity contribution is 0.262. The highest BCUT2D eigenvalue weighted by Crippen LogP contribution is 2.31. The molecule has 2 N–H and O–H groups in total. The molecule has 1 aromatic carbocycles. The molecule has 3 heteroatoms. The Morgan fingerprint density at radius 2 is 1.94 bits per heavy atom. The summed E-state index contributed by atoms with van der Waals surface area (Å²) in [4.78, 5) is 0. The molecule has 1 rings (SSSR count). The van der Waals surface area contributed by atoms with E-state index < -0.39 is 0 Å². The highest BCUT2D eigenvalue weighted by Gasteiger charge is 2.18. The maximum Gasteiger partial charge on any atom is 0.122 e. The second kappa shape index (κ2) is 6.03. The Bertz CT molecular complexity index is 388. The molecule has 1 unspecified atom stereocenters. The predicted octanol–water partition coefficient (Wildman–Crippen LogP) is 1.92. The lowest BCUT2D eigenvalue weighted by Gasteiger charge is -2.22. The molecule has 0 aromatic heterocycles. The van der Waals surface area contributed by atoms with Crippen molar-refractivity contribution in [2.45, 2.75) is 26.7 Å². The van der Waals surface area contributed by atoms with Crippen molar-refractivity contribution < 1.29 is 9.84 Å². The van der Waals surface area contributed by atoms with Crippen LogP contribution < -0.4 is 10.1 Å². The fourth-order valence-electron chi connectivity index (χ4n) is 2.41. The molecule has 1 atom stereocenters. The van der Waals surface area contributed by atoms with Gasteiger partial charge in [0.15, 0.2) is 0 Å². The van der Waals surface area contributed by atoms with Crippen LogP contribution >= 0.6 is 0 Å². The monoisotopic (exact) mass is 237 g/mol. The largest absolute Gasteiger partial charge is 0.496 e. The van der Waals surface area contributed by atoms with Gasteiger partial charge in [-0.05, 0) is 56.1 Å². The molecule has 0 saturated carbocycles. The standard InChI is InChI=1S/C14H23NO2/c1-9-6-13(17-5)10(2)11(3)14(9)12(8-16)7-15-4/h6,12,15-16H,7-8H2,1-5H3. The van der Waals surface area contributed by atoms with Gasteiger partial charge in [-0.25, -0.2) is 0 Å². The van der Waals surface area contributed by atoms with Crippen molar-refractivity contribution in [2.75, 3.05) is 27.3 Å². The normalized spacial score (nSPS) is 12.6. The molecular weight excluding hydrogens is 214 g/mol. The number of aliphatic hydroxyl groups is 1. The number of methoxy groups -OCH3 is 1. The lowest BCUT2D eigenvalue weighted by Crippen LogP contribution is -2.22. The molecule has 0 heterocycles. The number of hydrogen-bond acceptors (Lipinski definition) is 3. The first-order valence-electron chi connectivity index (χ1n) is 5.96. The Morgan fingerprint density at radius 1 is 1.29 bits per heavy atom. The number of hydrogen-bond donors (Lipinski definition) is 2. The molecule has 0 aliphatic heterocycles. The average Bonchev–Trinajstić information content (AvgIpc) is 2.32. The van der Waals surface area contributed by atoms with E-state index in [1.54, 1.807) is 7.11 Å². The first-order chi connectivity index (χ1) is 8.06. The summed E-state index contributed by atoms with van der Waals surface area (Å²) >= 11 is 0. The van der Waals surface area contributed by atoms with Crippen LogP contribution in [0.3, 0.4) is 0 Å². The van der Waals surface area contributed by atoms with Gasteiger partial charge in [0.25, 0.3) is 0 Å². The summed E-state index contributed by atoms with van der Waals surface area (Å²) in [5.74, 6) is 1.06. The van der Waals surface area contributed by atoms with Crippen LogP contribution in [-0.4, -0.2) is 32.4 Å². The summed E-state index contributed by atoms with van der Waals surface area (Å²) in [6, 6.07) is 2.05. The van der Waals surface area contributed by atoms with E-state index in [0.717, 1.165) is 17.9 Å². The van der Waals surface area contributed by atoms with Crippen molar-refractivity contribution in [1.82, 2.24) is 5.32 Å². The lowest BCUT2D eigenvalue weighted by atomic mass is 9.88. The van der Waals surface area contributed by atoms with Crippen LogP contribution in [-0.2, 0) is 0 Å². The Morgan fingerprint density at radius 3 is 2.41 bits per heavy atom. The van der Waals surface area contributed by atoms with Crippen LogP contribution in [0.25, 0.3) is 0 Å². The van der Waals surface area contributed by atoms with E-state index in [2.05, 4.69) is 32.2 Å². The SMILES string of the molecule is CNCC(CO)c1c(C)cc(OC)c(C)c1C. The number of aliphatic hydroxyl groups excluding tert-OH is 1. The third kappa shape index (κ3) is 2.79. The first-order valence-corrected chi connectivity index (χ1v) is 5.96. The van der Waals surface area contributed by atoms with Gasteiger partial charge < -0.3 is 15.2 Å². The Balaban J connectivity index is 3.28. The van der Waals surface area contributed by atoms with E-state index in [0.29, 0.717) is 0 Å². The number of aryl methyl sites for hydroxylation is 1. The minimum atomic E-state index is 0.143. The third-order valence-electron chi connectivity index (χ3n) is 3.41. The predicted molar refractivity (Wildman–Crippen MR) is 71.0 cm³/mol. The zero-order valence-corrected chi connectivity index (χ0v) is 11.4. The second-order valence-electron chi connectivity index (χ2n) is 4.50. The van der Waals surface area contributed by atoms with E-state index in [4.69, 9.17) is 4.74 Å². The topological polar surface area (TPSA) is 41.5 Å².